The lowest BCUT2D eigenvalue weighted by molar-refractivity contribution is -0.142. The third kappa shape index (κ3) is 5.11. The summed E-state index contributed by atoms with van der Waals surface area (Å²) < 4.78 is 81.9. The number of alkyl halides is 6. The predicted molar refractivity (Wildman–Crippen MR) is 120 cm³/mol. The van der Waals surface area contributed by atoms with Gasteiger partial charge in [-0.05, 0) is 31.2 Å². The van der Waals surface area contributed by atoms with E-state index >= 15 is 0 Å². The molecule has 4 rings (SSSR count). The number of nitrogens with two attached hydrogens (primary N) is 1. The van der Waals surface area contributed by atoms with Crippen LogP contribution in [0, 0.1) is 0 Å². The first-order valence-corrected chi connectivity index (χ1v) is 10.6. The molecule has 0 aliphatic rings. The third-order valence-corrected chi connectivity index (χ3v) is 5.48. The van der Waals surface area contributed by atoms with Gasteiger partial charge < -0.3 is 11.1 Å². The molecule has 1 aromatic carbocycles. The Hall–Kier alpha value is -3.72. The van der Waals surface area contributed by atoms with Crippen molar-refractivity contribution in [2.45, 2.75) is 31.9 Å². The van der Waals surface area contributed by atoms with Gasteiger partial charge in [0.25, 0.3) is 0 Å². The molecule has 0 saturated heterocycles. The third-order valence-electron chi connectivity index (χ3n) is 5.24. The highest BCUT2D eigenvalue weighted by atomic mass is 32.1. The van der Waals surface area contributed by atoms with Crippen molar-refractivity contribution < 1.29 is 26.3 Å². The van der Waals surface area contributed by atoms with Gasteiger partial charge >= 0.3 is 12.4 Å². The molecule has 4 aromatic rings. The lowest BCUT2D eigenvalue weighted by Crippen LogP contribution is -2.23. The highest BCUT2D eigenvalue weighted by Gasteiger charge is 2.39. The Labute approximate surface area is 204 Å². The Bertz CT molecular complexity index is 1410. The van der Waals surface area contributed by atoms with Gasteiger partial charge in [0.1, 0.15) is 17.6 Å². The monoisotopic (exact) mass is 526 g/mol. The van der Waals surface area contributed by atoms with E-state index in [1.807, 2.05) is 0 Å². The maximum atomic E-state index is 13.5. The van der Waals surface area contributed by atoms with Crippen LogP contribution < -0.4 is 11.1 Å². The Morgan fingerprint density at radius 2 is 1.78 bits per heavy atom. The summed E-state index contributed by atoms with van der Waals surface area (Å²) in [7, 11) is 0. The second-order valence-electron chi connectivity index (χ2n) is 7.64. The Balaban J connectivity index is 1.65. The van der Waals surface area contributed by atoms with Gasteiger partial charge in [-0.15, -0.1) is 0 Å². The molecule has 0 unspecified atom stereocenters. The van der Waals surface area contributed by atoms with Crippen molar-refractivity contribution in [3.05, 3.63) is 71.3 Å². The summed E-state index contributed by atoms with van der Waals surface area (Å²) in [5.74, 6) is 0.782. The Kier molecular flexibility index (Phi) is 6.62. The summed E-state index contributed by atoms with van der Waals surface area (Å²) >= 11 is 4.90. The molecule has 3 aromatic heterocycles. The van der Waals surface area contributed by atoms with E-state index in [2.05, 4.69) is 30.4 Å². The number of thiocarbonyl (C=S) groups is 1. The topological polar surface area (TPSA) is 107 Å². The molecular formula is C21H16F6N8S. The van der Waals surface area contributed by atoms with Crippen molar-refractivity contribution >= 4 is 28.1 Å². The number of benzene rings is 1. The molecule has 188 valence electrons. The maximum absolute atomic E-state index is 13.5. The van der Waals surface area contributed by atoms with Crippen molar-refractivity contribution in [2.75, 3.05) is 0 Å². The van der Waals surface area contributed by atoms with Gasteiger partial charge in [-0.3, -0.25) is 0 Å². The number of hydrogen-bond donors (Lipinski definition) is 2. The van der Waals surface area contributed by atoms with Crippen LogP contribution in [0.3, 0.4) is 0 Å². The largest absolute Gasteiger partial charge is 0.418 e. The van der Waals surface area contributed by atoms with E-state index in [9.17, 15) is 26.3 Å². The standard InChI is InChI=1S/C21H16F6N8S/c1-10(19-33-9-34-35(19)16-3-2-11(6-30-16)18(28)36)29-7-15-13-4-12(20(22,23)24)5-14(21(25,26)27)17(13)32-8-31-15/h2-6,8-10,29H,7H2,1H3,(H2,28,36)/t10-/m0/s1. The van der Waals surface area contributed by atoms with Crippen molar-refractivity contribution in [3.8, 4) is 5.82 Å². The van der Waals surface area contributed by atoms with E-state index in [0.717, 1.165) is 6.33 Å². The SMILES string of the molecule is C[C@H](NCc1ncnc2c(C(F)(F)F)cc(C(F)(F)F)cc12)c1ncnn1-c1ccc(C(N)=S)cn1. The van der Waals surface area contributed by atoms with Gasteiger partial charge in [-0.2, -0.15) is 36.1 Å². The zero-order valence-electron chi connectivity index (χ0n) is 18.3. The number of hydrogen-bond acceptors (Lipinski definition) is 7. The quantitative estimate of drug-likeness (QED) is 0.285. The number of aromatic nitrogens is 6. The lowest BCUT2D eigenvalue weighted by Gasteiger charge is -2.17. The van der Waals surface area contributed by atoms with Gasteiger partial charge in [0.2, 0.25) is 0 Å². The molecule has 0 fully saturated rings. The van der Waals surface area contributed by atoms with Crippen molar-refractivity contribution in [2.24, 2.45) is 5.73 Å². The van der Waals surface area contributed by atoms with Crippen molar-refractivity contribution in [1.82, 2.24) is 35.0 Å². The fourth-order valence-electron chi connectivity index (χ4n) is 3.46. The minimum Gasteiger partial charge on any atom is -0.389 e. The zero-order chi connectivity index (χ0) is 26.3. The number of fused-ring (bicyclic) bond motifs is 1. The van der Waals surface area contributed by atoms with Gasteiger partial charge in [-0.25, -0.2) is 19.9 Å². The summed E-state index contributed by atoms with van der Waals surface area (Å²) in [5.41, 5.74) is 2.51. The van der Waals surface area contributed by atoms with Gasteiger partial charge in [0.05, 0.1) is 28.4 Å². The van der Waals surface area contributed by atoms with Gasteiger partial charge in [-0.1, -0.05) is 12.2 Å². The van der Waals surface area contributed by atoms with Crippen LogP contribution in [0.1, 0.15) is 41.2 Å². The van der Waals surface area contributed by atoms with Crippen LogP contribution in [0.15, 0.2) is 43.1 Å². The highest BCUT2D eigenvalue weighted by molar-refractivity contribution is 7.80. The number of rotatable bonds is 6. The van der Waals surface area contributed by atoms with Crippen molar-refractivity contribution in [1.29, 1.82) is 0 Å². The maximum Gasteiger partial charge on any atom is 0.418 e. The molecule has 36 heavy (non-hydrogen) atoms. The van der Waals surface area contributed by atoms with Crippen LogP contribution in [0.5, 0.6) is 0 Å². The summed E-state index contributed by atoms with van der Waals surface area (Å²) in [5, 5.41) is 6.77. The molecule has 0 spiro atoms. The second-order valence-corrected chi connectivity index (χ2v) is 8.08. The summed E-state index contributed by atoms with van der Waals surface area (Å²) in [6.07, 6.45) is -6.41. The van der Waals surface area contributed by atoms with E-state index in [4.69, 9.17) is 18.0 Å². The smallest absolute Gasteiger partial charge is 0.389 e. The van der Waals surface area contributed by atoms with E-state index in [1.165, 1.54) is 17.2 Å². The molecule has 3 N–H and O–H groups in total. The van der Waals surface area contributed by atoms with Crippen LogP contribution in [-0.2, 0) is 18.9 Å². The average Bonchev–Trinajstić information content (AvgIpc) is 3.30. The zero-order valence-corrected chi connectivity index (χ0v) is 19.1. The van der Waals surface area contributed by atoms with E-state index in [1.54, 1.807) is 19.1 Å². The van der Waals surface area contributed by atoms with E-state index in [-0.39, 0.29) is 28.7 Å². The molecule has 0 saturated carbocycles. The predicted octanol–water partition coefficient (Wildman–Crippen LogP) is 4.13. The van der Waals surface area contributed by atoms with Crippen molar-refractivity contribution in [3.63, 3.8) is 0 Å². The molecular weight excluding hydrogens is 510 g/mol. The van der Waals surface area contributed by atoms with E-state index < -0.39 is 35.0 Å². The Morgan fingerprint density at radius 1 is 1.03 bits per heavy atom. The summed E-state index contributed by atoms with van der Waals surface area (Å²) in [4.78, 5) is 16.1. The molecule has 8 nitrogen and oxygen atoms in total. The summed E-state index contributed by atoms with van der Waals surface area (Å²) in [6, 6.07) is 3.38. The summed E-state index contributed by atoms with van der Waals surface area (Å²) in [6.45, 7) is 1.51. The normalized spacial score (nSPS) is 13.2. The Morgan fingerprint density at radius 3 is 2.39 bits per heavy atom. The molecule has 0 aliphatic heterocycles. The first-order chi connectivity index (χ1) is 16.9. The van der Waals surface area contributed by atoms with Crippen LogP contribution in [0.2, 0.25) is 0 Å². The molecule has 0 bridgehead atoms. The van der Waals surface area contributed by atoms with Crippen LogP contribution in [0.25, 0.3) is 16.7 Å². The van der Waals surface area contributed by atoms with Crippen LogP contribution in [-0.4, -0.2) is 34.7 Å². The molecule has 3 heterocycles. The average molecular weight is 526 g/mol. The fourth-order valence-corrected chi connectivity index (χ4v) is 3.58. The van der Waals surface area contributed by atoms with Crippen LogP contribution in [0.4, 0.5) is 26.3 Å². The van der Waals surface area contributed by atoms with Gasteiger partial charge in [0, 0.05) is 23.7 Å². The van der Waals surface area contributed by atoms with E-state index in [0.29, 0.717) is 23.3 Å². The minimum atomic E-state index is -5.04. The van der Waals surface area contributed by atoms with Crippen LogP contribution >= 0.6 is 12.2 Å². The molecule has 1 atom stereocenters. The number of nitrogens with one attached hydrogen (secondary N) is 1. The number of halogens is 6. The number of nitrogens with zero attached hydrogens (tertiary/aromatic N) is 6. The highest BCUT2D eigenvalue weighted by Crippen LogP contribution is 2.39. The first kappa shape index (κ1) is 25.4. The molecule has 0 radical (unpaired) electrons. The second kappa shape index (κ2) is 9.39. The molecule has 0 amide bonds. The first-order valence-electron chi connectivity index (χ1n) is 10.2. The molecule has 15 heteroatoms. The van der Waals surface area contributed by atoms with Gasteiger partial charge in [0.15, 0.2) is 11.6 Å². The lowest BCUT2D eigenvalue weighted by atomic mass is 10.0. The minimum absolute atomic E-state index is 0.0477. The number of pyridine rings is 1. The fraction of sp³-hybridized carbons (Fsp3) is 0.238. The molecule has 0 aliphatic carbocycles.